The summed E-state index contributed by atoms with van der Waals surface area (Å²) in [4.78, 5) is 23.6. The zero-order chi connectivity index (χ0) is 12.5. The summed E-state index contributed by atoms with van der Waals surface area (Å²) in [6.45, 7) is 3.36. The number of carboxylic acids is 1. The zero-order valence-electron chi connectivity index (χ0n) is 9.59. The van der Waals surface area contributed by atoms with Crippen LogP contribution in [0.25, 0.3) is 0 Å². The van der Waals surface area contributed by atoms with Crippen LogP contribution < -0.4 is 0 Å². The second kappa shape index (κ2) is 8.32. The van der Waals surface area contributed by atoms with Gasteiger partial charge in [0.15, 0.2) is 0 Å². The van der Waals surface area contributed by atoms with Crippen molar-refractivity contribution in [2.75, 3.05) is 51.0 Å². The predicted octanol–water partition coefficient (Wildman–Crippen LogP) is -0.320. The van der Waals surface area contributed by atoms with Crippen LogP contribution in [0.2, 0.25) is 0 Å². The lowest BCUT2D eigenvalue weighted by molar-refractivity contribution is -0.145. The quantitative estimate of drug-likeness (QED) is 0.498. The van der Waals surface area contributed by atoms with Crippen LogP contribution in [0.1, 0.15) is 0 Å². The van der Waals surface area contributed by atoms with Crippen LogP contribution >= 0.6 is 11.8 Å². The molecule has 0 bridgehead atoms. The van der Waals surface area contributed by atoms with E-state index in [1.54, 1.807) is 0 Å². The molecule has 6 nitrogen and oxygen atoms in total. The van der Waals surface area contributed by atoms with Gasteiger partial charge in [0.25, 0.3) is 0 Å². The number of carbonyl (C=O) groups is 2. The Balaban J connectivity index is 1.98. The van der Waals surface area contributed by atoms with E-state index in [0.29, 0.717) is 19.0 Å². The minimum absolute atomic E-state index is 0.0427. The van der Waals surface area contributed by atoms with Crippen molar-refractivity contribution in [1.82, 2.24) is 4.90 Å². The molecule has 0 amide bonds. The molecule has 0 aromatic carbocycles. The van der Waals surface area contributed by atoms with Gasteiger partial charge in [-0.25, -0.2) is 0 Å². The summed E-state index contributed by atoms with van der Waals surface area (Å²) in [6, 6.07) is 0. The van der Waals surface area contributed by atoms with Crippen molar-refractivity contribution in [3.63, 3.8) is 0 Å². The van der Waals surface area contributed by atoms with Crippen molar-refractivity contribution in [3.05, 3.63) is 0 Å². The average molecular weight is 263 g/mol. The summed E-state index contributed by atoms with van der Waals surface area (Å²) < 4.78 is 10.2. The summed E-state index contributed by atoms with van der Waals surface area (Å²) in [5.74, 6) is -0.556. The third-order valence-corrected chi connectivity index (χ3v) is 3.08. The Labute approximate surface area is 104 Å². The lowest BCUT2D eigenvalue weighted by Gasteiger charge is -2.25. The third-order valence-electron chi connectivity index (χ3n) is 2.17. The van der Waals surface area contributed by atoms with Crippen LogP contribution in [-0.2, 0) is 19.1 Å². The highest BCUT2D eigenvalue weighted by atomic mass is 32.2. The van der Waals surface area contributed by atoms with Crippen LogP contribution in [0.5, 0.6) is 0 Å². The minimum atomic E-state index is -0.852. The smallest absolute Gasteiger partial charge is 0.320 e. The molecule has 17 heavy (non-hydrogen) atoms. The highest BCUT2D eigenvalue weighted by Gasteiger charge is 2.14. The van der Waals surface area contributed by atoms with Crippen molar-refractivity contribution >= 4 is 23.7 Å². The van der Waals surface area contributed by atoms with Crippen LogP contribution in [0.15, 0.2) is 0 Å². The lowest BCUT2D eigenvalue weighted by atomic mass is 10.4. The van der Waals surface area contributed by atoms with Gasteiger partial charge in [0.1, 0.15) is 6.61 Å². The number of rotatable bonds is 7. The molecular weight excluding hydrogens is 246 g/mol. The van der Waals surface area contributed by atoms with E-state index in [9.17, 15) is 9.59 Å². The Hall–Kier alpha value is -0.790. The number of hydrogen-bond acceptors (Lipinski definition) is 6. The molecule has 0 aromatic rings. The molecule has 1 N–H and O–H groups in total. The van der Waals surface area contributed by atoms with E-state index in [2.05, 4.69) is 0 Å². The number of nitrogens with zero attached hydrogens (tertiary/aromatic N) is 1. The van der Waals surface area contributed by atoms with E-state index in [1.807, 2.05) is 4.90 Å². The highest BCUT2D eigenvalue weighted by molar-refractivity contribution is 7.99. The molecule has 1 heterocycles. The van der Waals surface area contributed by atoms with Crippen LogP contribution in [0, 0.1) is 0 Å². The Kier molecular flexibility index (Phi) is 6.99. The normalized spacial score (nSPS) is 16.7. The molecule has 1 aliphatic rings. The van der Waals surface area contributed by atoms with Gasteiger partial charge in [-0.2, -0.15) is 0 Å². The molecule has 98 valence electrons. The Bertz CT molecular complexity index is 255. The Morgan fingerprint density at radius 3 is 2.71 bits per heavy atom. The fraction of sp³-hybridized carbons (Fsp3) is 0.800. The highest BCUT2D eigenvalue weighted by Crippen LogP contribution is 2.00. The van der Waals surface area contributed by atoms with Crippen LogP contribution in [0.4, 0.5) is 0 Å². The largest absolute Gasteiger partial charge is 0.481 e. The molecule has 0 unspecified atom stereocenters. The van der Waals surface area contributed by atoms with E-state index < -0.39 is 5.97 Å². The van der Waals surface area contributed by atoms with Gasteiger partial charge in [0.2, 0.25) is 0 Å². The van der Waals surface area contributed by atoms with E-state index >= 15 is 0 Å². The van der Waals surface area contributed by atoms with Crippen molar-refractivity contribution in [3.8, 4) is 0 Å². The molecule has 7 heteroatoms. The first-order chi connectivity index (χ1) is 8.18. The molecule has 0 radical (unpaired) electrons. The van der Waals surface area contributed by atoms with Gasteiger partial charge in [0, 0.05) is 18.8 Å². The maximum atomic E-state index is 11.4. The van der Waals surface area contributed by atoms with Crippen molar-refractivity contribution in [2.24, 2.45) is 0 Å². The fourth-order valence-corrected chi connectivity index (χ4v) is 1.88. The molecule has 1 fully saturated rings. The molecular formula is C10H17NO5S. The summed E-state index contributed by atoms with van der Waals surface area (Å²) >= 11 is 1.24. The average Bonchev–Trinajstić information content (AvgIpc) is 2.29. The first-order valence-electron chi connectivity index (χ1n) is 5.44. The van der Waals surface area contributed by atoms with E-state index in [1.165, 1.54) is 11.8 Å². The van der Waals surface area contributed by atoms with Gasteiger partial charge in [-0.3, -0.25) is 14.5 Å². The molecule has 0 aliphatic carbocycles. The van der Waals surface area contributed by atoms with Gasteiger partial charge in [-0.1, -0.05) is 0 Å². The molecule has 0 saturated carbocycles. The maximum Gasteiger partial charge on any atom is 0.320 e. The molecule has 1 rings (SSSR count). The zero-order valence-corrected chi connectivity index (χ0v) is 10.4. The SMILES string of the molecule is O=C(O)CSCCOC(=O)CN1CCOCC1. The Morgan fingerprint density at radius 1 is 1.35 bits per heavy atom. The number of thioether (sulfide) groups is 1. The number of hydrogen-bond donors (Lipinski definition) is 1. The molecule has 0 atom stereocenters. The first kappa shape index (κ1) is 14.3. The van der Waals surface area contributed by atoms with Crippen molar-refractivity contribution in [1.29, 1.82) is 0 Å². The molecule has 0 spiro atoms. The van der Waals surface area contributed by atoms with Crippen molar-refractivity contribution < 1.29 is 24.2 Å². The van der Waals surface area contributed by atoms with Crippen LogP contribution in [0.3, 0.4) is 0 Å². The summed E-state index contributed by atoms with van der Waals surface area (Å²) in [7, 11) is 0. The number of morpholine rings is 1. The monoisotopic (exact) mass is 263 g/mol. The number of ether oxygens (including phenoxy) is 2. The van der Waals surface area contributed by atoms with Gasteiger partial charge in [0.05, 0.1) is 25.5 Å². The summed E-state index contributed by atoms with van der Waals surface area (Å²) in [5, 5.41) is 8.39. The summed E-state index contributed by atoms with van der Waals surface area (Å²) in [5.41, 5.74) is 0. The first-order valence-corrected chi connectivity index (χ1v) is 6.59. The number of carbonyl (C=O) groups excluding carboxylic acids is 1. The van der Waals surface area contributed by atoms with E-state index in [0.717, 1.165) is 13.1 Å². The fourth-order valence-electron chi connectivity index (χ4n) is 1.36. The van der Waals surface area contributed by atoms with Crippen LogP contribution in [-0.4, -0.2) is 72.9 Å². The maximum absolute atomic E-state index is 11.4. The van der Waals surface area contributed by atoms with Gasteiger partial charge in [-0.05, 0) is 0 Å². The predicted molar refractivity (Wildman–Crippen MR) is 63.2 cm³/mol. The van der Waals surface area contributed by atoms with E-state index in [4.69, 9.17) is 14.6 Å². The molecule has 1 aliphatic heterocycles. The van der Waals surface area contributed by atoms with Gasteiger partial charge in [-0.15, -0.1) is 11.8 Å². The Morgan fingerprint density at radius 2 is 2.06 bits per heavy atom. The summed E-state index contributed by atoms with van der Waals surface area (Å²) in [6.07, 6.45) is 0. The number of carboxylic acid groups (broad SMARTS) is 1. The van der Waals surface area contributed by atoms with Gasteiger partial charge >= 0.3 is 11.9 Å². The third kappa shape index (κ3) is 7.19. The van der Waals surface area contributed by atoms with Crippen molar-refractivity contribution in [2.45, 2.75) is 0 Å². The van der Waals surface area contributed by atoms with Gasteiger partial charge < -0.3 is 14.6 Å². The standard InChI is InChI=1S/C10H17NO5S/c12-9(13)8-17-6-5-16-10(14)7-11-1-3-15-4-2-11/h1-8H2,(H,12,13). The second-order valence-electron chi connectivity index (χ2n) is 3.56. The topological polar surface area (TPSA) is 76.1 Å². The number of aliphatic carboxylic acids is 1. The molecule has 1 saturated heterocycles. The minimum Gasteiger partial charge on any atom is -0.481 e. The molecule has 0 aromatic heterocycles. The number of esters is 1. The second-order valence-corrected chi connectivity index (χ2v) is 4.66. The van der Waals surface area contributed by atoms with E-state index in [-0.39, 0.29) is 24.9 Å². The lowest BCUT2D eigenvalue weighted by Crippen LogP contribution is -2.40.